The molecule has 5 heteroatoms. The predicted molar refractivity (Wildman–Crippen MR) is 68.5 cm³/mol. The van der Waals surface area contributed by atoms with Crippen molar-refractivity contribution < 1.29 is 9.59 Å². The van der Waals surface area contributed by atoms with Gasteiger partial charge in [0.25, 0.3) is 0 Å². The maximum absolute atomic E-state index is 12.3. The largest absolute Gasteiger partial charge is 0.342 e. The fraction of sp³-hybridized carbons (Fsp3) is 0.385. The summed E-state index contributed by atoms with van der Waals surface area (Å²) in [6.45, 7) is 0.0718. The first kappa shape index (κ1) is 11.5. The highest BCUT2D eigenvalue weighted by molar-refractivity contribution is 6.31. The Balaban J connectivity index is 1.90. The Morgan fingerprint density at radius 3 is 2.72 bits per heavy atom. The van der Waals surface area contributed by atoms with Gasteiger partial charge in [-0.3, -0.25) is 9.59 Å². The zero-order chi connectivity index (χ0) is 12.7. The van der Waals surface area contributed by atoms with Crippen LogP contribution >= 0.6 is 11.6 Å². The summed E-state index contributed by atoms with van der Waals surface area (Å²) in [4.78, 5) is 25.5. The first-order valence-electron chi connectivity index (χ1n) is 6.01. The fourth-order valence-corrected chi connectivity index (χ4v) is 2.47. The SMILES string of the molecule is O=C1CN(c2cccc(Cl)c2)C(=O)C(C2CC2)N1. The lowest BCUT2D eigenvalue weighted by molar-refractivity contribution is -0.131. The minimum atomic E-state index is -0.356. The molecule has 1 atom stereocenters. The molecule has 1 saturated heterocycles. The van der Waals surface area contributed by atoms with Crippen molar-refractivity contribution in [3.63, 3.8) is 0 Å². The van der Waals surface area contributed by atoms with Crippen LogP contribution in [0.15, 0.2) is 24.3 Å². The lowest BCUT2D eigenvalue weighted by Crippen LogP contribution is -2.59. The summed E-state index contributed by atoms with van der Waals surface area (Å²) < 4.78 is 0. The molecule has 0 radical (unpaired) electrons. The molecule has 1 aromatic carbocycles. The molecule has 1 N–H and O–H groups in total. The van der Waals surface area contributed by atoms with Crippen LogP contribution in [-0.2, 0) is 9.59 Å². The lowest BCUT2D eigenvalue weighted by Gasteiger charge is -2.32. The summed E-state index contributed by atoms with van der Waals surface area (Å²) in [7, 11) is 0. The Hall–Kier alpha value is -1.55. The van der Waals surface area contributed by atoms with Crippen LogP contribution < -0.4 is 10.2 Å². The standard InChI is InChI=1S/C13H13ClN2O2/c14-9-2-1-3-10(6-9)16-7-11(17)15-12(13(16)18)8-4-5-8/h1-3,6,8,12H,4-5,7H2,(H,15,17). The summed E-state index contributed by atoms with van der Waals surface area (Å²) in [5.74, 6) is 0.175. The number of rotatable bonds is 2. The summed E-state index contributed by atoms with van der Waals surface area (Å²) in [6.07, 6.45) is 2.03. The number of halogens is 1. The molecule has 1 aromatic rings. The van der Waals surface area contributed by atoms with E-state index in [0.717, 1.165) is 12.8 Å². The molecular formula is C13H13ClN2O2. The quantitative estimate of drug-likeness (QED) is 0.882. The smallest absolute Gasteiger partial charge is 0.250 e. The predicted octanol–water partition coefficient (Wildman–Crippen LogP) is 1.58. The molecule has 18 heavy (non-hydrogen) atoms. The van der Waals surface area contributed by atoms with Gasteiger partial charge in [0.15, 0.2) is 0 Å². The Kier molecular flexibility index (Phi) is 2.74. The molecule has 0 spiro atoms. The van der Waals surface area contributed by atoms with Crippen LogP contribution in [0.2, 0.25) is 5.02 Å². The van der Waals surface area contributed by atoms with Gasteiger partial charge in [0.2, 0.25) is 11.8 Å². The topological polar surface area (TPSA) is 49.4 Å². The van der Waals surface area contributed by atoms with Crippen LogP contribution in [0.1, 0.15) is 12.8 Å². The van der Waals surface area contributed by atoms with Gasteiger partial charge in [0.1, 0.15) is 12.6 Å². The zero-order valence-electron chi connectivity index (χ0n) is 9.73. The molecule has 0 bridgehead atoms. The second-order valence-electron chi connectivity index (χ2n) is 4.79. The number of carbonyl (C=O) groups excluding carboxylic acids is 2. The van der Waals surface area contributed by atoms with Crippen molar-refractivity contribution in [1.82, 2.24) is 5.32 Å². The molecule has 3 rings (SSSR count). The number of hydrogen-bond donors (Lipinski definition) is 1. The number of hydrogen-bond acceptors (Lipinski definition) is 2. The monoisotopic (exact) mass is 264 g/mol. The first-order valence-corrected chi connectivity index (χ1v) is 6.39. The third kappa shape index (κ3) is 2.08. The normalized spacial score (nSPS) is 24.1. The number of benzene rings is 1. The molecule has 1 aliphatic heterocycles. The van der Waals surface area contributed by atoms with Crippen molar-refractivity contribution in [2.75, 3.05) is 11.4 Å². The van der Waals surface area contributed by atoms with E-state index >= 15 is 0 Å². The Bertz CT molecular complexity index is 513. The summed E-state index contributed by atoms with van der Waals surface area (Å²) >= 11 is 5.92. The van der Waals surface area contributed by atoms with E-state index in [0.29, 0.717) is 16.6 Å². The molecule has 4 nitrogen and oxygen atoms in total. The fourth-order valence-electron chi connectivity index (χ4n) is 2.28. The van der Waals surface area contributed by atoms with E-state index in [4.69, 9.17) is 11.6 Å². The van der Waals surface area contributed by atoms with Crippen LogP contribution in [0.25, 0.3) is 0 Å². The minimum absolute atomic E-state index is 0.0284. The number of nitrogens with one attached hydrogen (secondary N) is 1. The van der Waals surface area contributed by atoms with E-state index in [1.165, 1.54) is 4.90 Å². The second kappa shape index (κ2) is 4.28. The molecule has 1 heterocycles. The maximum atomic E-state index is 12.3. The van der Waals surface area contributed by atoms with Gasteiger partial charge in [-0.25, -0.2) is 0 Å². The van der Waals surface area contributed by atoms with E-state index < -0.39 is 0 Å². The van der Waals surface area contributed by atoms with Gasteiger partial charge in [-0.05, 0) is 37.0 Å². The van der Waals surface area contributed by atoms with Crippen molar-refractivity contribution in [2.24, 2.45) is 5.92 Å². The lowest BCUT2D eigenvalue weighted by atomic mass is 10.1. The van der Waals surface area contributed by atoms with Crippen LogP contribution in [-0.4, -0.2) is 24.4 Å². The minimum Gasteiger partial charge on any atom is -0.342 e. The van der Waals surface area contributed by atoms with Gasteiger partial charge in [-0.1, -0.05) is 17.7 Å². The highest BCUT2D eigenvalue weighted by Crippen LogP contribution is 2.35. The van der Waals surface area contributed by atoms with Crippen molar-refractivity contribution in [3.8, 4) is 0 Å². The van der Waals surface area contributed by atoms with Gasteiger partial charge in [-0.2, -0.15) is 0 Å². The maximum Gasteiger partial charge on any atom is 0.250 e. The van der Waals surface area contributed by atoms with Crippen molar-refractivity contribution in [2.45, 2.75) is 18.9 Å². The molecule has 1 aliphatic carbocycles. The van der Waals surface area contributed by atoms with Crippen molar-refractivity contribution >= 4 is 29.1 Å². The highest BCUT2D eigenvalue weighted by atomic mass is 35.5. The third-order valence-electron chi connectivity index (χ3n) is 3.36. The first-order chi connectivity index (χ1) is 8.65. The number of nitrogens with zero attached hydrogens (tertiary/aromatic N) is 1. The van der Waals surface area contributed by atoms with Crippen molar-refractivity contribution in [1.29, 1.82) is 0 Å². The molecule has 0 aromatic heterocycles. The summed E-state index contributed by atoms with van der Waals surface area (Å²) in [5, 5.41) is 3.34. The molecule has 2 fully saturated rings. The Morgan fingerprint density at radius 2 is 2.06 bits per heavy atom. The Labute approximate surface area is 110 Å². The van der Waals surface area contributed by atoms with Crippen LogP contribution in [0.4, 0.5) is 5.69 Å². The number of amides is 2. The molecule has 1 unspecified atom stereocenters. The summed E-state index contributed by atoms with van der Waals surface area (Å²) in [6, 6.07) is 6.68. The van der Waals surface area contributed by atoms with E-state index in [9.17, 15) is 9.59 Å². The van der Waals surface area contributed by atoms with Crippen LogP contribution in [0.3, 0.4) is 0 Å². The molecule has 94 valence electrons. The van der Waals surface area contributed by atoms with E-state index in [1.54, 1.807) is 24.3 Å². The molecule has 2 amide bonds. The third-order valence-corrected chi connectivity index (χ3v) is 3.60. The zero-order valence-corrected chi connectivity index (χ0v) is 10.5. The van der Waals surface area contributed by atoms with Gasteiger partial charge in [0, 0.05) is 10.7 Å². The second-order valence-corrected chi connectivity index (χ2v) is 5.22. The molecule has 2 aliphatic rings. The van der Waals surface area contributed by atoms with E-state index in [-0.39, 0.29) is 24.4 Å². The van der Waals surface area contributed by atoms with E-state index in [2.05, 4.69) is 5.32 Å². The molecule has 1 saturated carbocycles. The van der Waals surface area contributed by atoms with Gasteiger partial charge in [0.05, 0.1) is 0 Å². The number of carbonyl (C=O) groups is 2. The van der Waals surface area contributed by atoms with E-state index in [1.807, 2.05) is 0 Å². The van der Waals surface area contributed by atoms with Gasteiger partial charge >= 0.3 is 0 Å². The summed E-state index contributed by atoms with van der Waals surface area (Å²) in [5.41, 5.74) is 0.688. The Morgan fingerprint density at radius 1 is 1.28 bits per heavy atom. The average molecular weight is 265 g/mol. The number of anilines is 1. The average Bonchev–Trinajstić information content (AvgIpc) is 3.16. The van der Waals surface area contributed by atoms with Crippen LogP contribution in [0.5, 0.6) is 0 Å². The van der Waals surface area contributed by atoms with Gasteiger partial charge in [-0.15, -0.1) is 0 Å². The molecular weight excluding hydrogens is 252 g/mol. The van der Waals surface area contributed by atoms with Crippen molar-refractivity contribution in [3.05, 3.63) is 29.3 Å². The van der Waals surface area contributed by atoms with Gasteiger partial charge < -0.3 is 10.2 Å². The highest BCUT2D eigenvalue weighted by Gasteiger charge is 2.42. The van der Waals surface area contributed by atoms with Crippen LogP contribution in [0, 0.1) is 5.92 Å². The number of piperazine rings is 1.